The van der Waals surface area contributed by atoms with E-state index in [1.165, 1.54) is 43.6 Å². The summed E-state index contributed by atoms with van der Waals surface area (Å²) in [4.78, 5) is 2.62. The molecule has 2 heterocycles. The number of rotatable bonds is 2. The summed E-state index contributed by atoms with van der Waals surface area (Å²) in [5.41, 5.74) is 3.40. The van der Waals surface area contributed by atoms with Gasteiger partial charge in [0.1, 0.15) is 0 Å². The van der Waals surface area contributed by atoms with Crippen molar-refractivity contribution in [2.75, 3.05) is 24.5 Å². The lowest BCUT2D eigenvalue weighted by atomic mass is 9.77. The SMILES string of the molecule is CC1Cc2ccccc2N(CC2NCCCC2(C)C)C1. The Kier molecular flexibility index (Phi) is 3.76. The number of hydrogen-bond donors (Lipinski definition) is 1. The minimum atomic E-state index is 0.411. The highest BCUT2D eigenvalue weighted by atomic mass is 15.2. The largest absolute Gasteiger partial charge is 0.369 e. The van der Waals surface area contributed by atoms with E-state index in [1.807, 2.05) is 0 Å². The van der Waals surface area contributed by atoms with Gasteiger partial charge in [-0.2, -0.15) is 0 Å². The van der Waals surface area contributed by atoms with Crippen LogP contribution in [0.3, 0.4) is 0 Å². The first-order valence-corrected chi connectivity index (χ1v) is 8.12. The summed E-state index contributed by atoms with van der Waals surface area (Å²) in [7, 11) is 0. The van der Waals surface area contributed by atoms with Gasteiger partial charge >= 0.3 is 0 Å². The minimum Gasteiger partial charge on any atom is -0.369 e. The van der Waals surface area contributed by atoms with Crippen molar-refractivity contribution in [2.45, 2.75) is 46.1 Å². The topological polar surface area (TPSA) is 15.3 Å². The number of piperidine rings is 1. The Hall–Kier alpha value is -1.02. The zero-order valence-corrected chi connectivity index (χ0v) is 13.2. The van der Waals surface area contributed by atoms with Gasteiger partial charge < -0.3 is 10.2 Å². The standard InChI is InChI=1S/C18H28N2/c1-14-11-15-7-4-5-8-16(15)20(12-14)13-17-18(2,3)9-6-10-19-17/h4-5,7-8,14,17,19H,6,9-13H2,1-3H3. The molecule has 3 rings (SSSR count). The fourth-order valence-corrected chi connectivity index (χ4v) is 3.88. The number of anilines is 1. The van der Waals surface area contributed by atoms with E-state index in [9.17, 15) is 0 Å². The second kappa shape index (κ2) is 5.40. The summed E-state index contributed by atoms with van der Waals surface area (Å²) in [5.74, 6) is 0.761. The van der Waals surface area contributed by atoms with Gasteiger partial charge in [-0.25, -0.2) is 0 Å². The van der Waals surface area contributed by atoms with Crippen LogP contribution in [0.4, 0.5) is 5.69 Å². The predicted molar refractivity (Wildman–Crippen MR) is 86.3 cm³/mol. The Morgan fingerprint density at radius 2 is 2.10 bits per heavy atom. The van der Waals surface area contributed by atoms with Gasteiger partial charge in [0, 0.05) is 24.8 Å². The zero-order chi connectivity index (χ0) is 14.2. The summed E-state index contributed by atoms with van der Waals surface area (Å²) in [6, 6.07) is 9.57. The Bertz CT molecular complexity index is 466. The quantitative estimate of drug-likeness (QED) is 0.887. The van der Waals surface area contributed by atoms with E-state index >= 15 is 0 Å². The van der Waals surface area contributed by atoms with Crippen LogP contribution in [-0.4, -0.2) is 25.7 Å². The summed E-state index contributed by atoms with van der Waals surface area (Å²) >= 11 is 0. The van der Waals surface area contributed by atoms with Crippen LogP contribution in [0.2, 0.25) is 0 Å². The Balaban J connectivity index is 1.80. The van der Waals surface area contributed by atoms with Crippen molar-refractivity contribution in [1.82, 2.24) is 5.32 Å². The highest BCUT2D eigenvalue weighted by Gasteiger charge is 2.34. The van der Waals surface area contributed by atoms with Crippen molar-refractivity contribution < 1.29 is 0 Å². The van der Waals surface area contributed by atoms with Crippen molar-refractivity contribution in [3.05, 3.63) is 29.8 Å². The smallest absolute Gasteiger partial charge is 0.0399 e. The lowest BCUT2D eigenvalue weighted by Crippen LogP contribution is -2.54. The summed E-state index contributed by atoms with van der Waals surface area (Å²) in [6.45, 7) is 10.7. The molecule has 1 N–H and O–H groups in total. The lowest BCUT2D eigenvalue weighted by Gasteiger charge is -2.44. The van der Waals surface area contributed by atoms with Crippen LogP contribution in [0.25, 0.3) is 0 Å². The van der Waals surface area contributed by atoms with Crippen molar-refractivity contribution >= 4 is 5.69 Å². The number of fused-ring (bicyclic) bond motifs is 1. The van der Waals surface area contributed by atoms with E-state index in [2.05, 4.69) is 55.3 Å². The number of benzene rings is 1. The summed E-state index contributed by atoms with van der Waals surface area (Å²) in [6.07, 6.45) is 3.89. The lowest BCUT2D eigenvalue weighted by molar-refractivity contribution is 0.181. The van der Waals surface area contributed by atoms with Crippen LogP contribution >= 0.6 is 0 Å². The van der Waals surface area contributed by atoms with Crippen LogP contribution in [0.15, 0.2) is 24.3 Å². The molecule has 2 aliphatic rings. The second-order valence-electron chi connectivity index (χ2n) is 7.44. The molecule has 0 saturated carbocycles. The minimum absolute atomic E-state index is 0.411. The second-order valence-corrected chi connectivity index (χ2v) is 7.44. The van der Waals surface area contributed by atoms with E-state index in [0.717, 1.165) is 12.5 Å². The zero-order valence-electron chi connectivity index (χ0n) is 13.2. The third-order valence-electron chi connectivity index (χ3n) is 5.17. The van der Waals surface area contributed by atoms with Crippen LogP contribution in [-0.2, 0) is 6.42 Å². The van der Waals surface area contributed by atoms with Gasteiger partial charge in [0.25, 0.3) is 0 Å². The van der Waals surface area contributed by atoms with Gasteiger partial charge in [-0.3, -0.25) is 0 Å². The highest BCUT2D eigenvalue weighted by molar-refractivity contribution is 5.56. The van der Waals surface area contributed by atoms with Crippen molar-refractivity contribution in [3.63, 3.8) is 0 Å². The molecule has 20 heavy (non-hydrogen) atoms. The molecule has 0 bridgehead atoms. The Morgan fingerprint density at radius 1 is 1.30 bits per heavy atom. The molecule has 0 aliphatic carbocycles. The van der Waals surface area contributed by atoms with Crippen LogP contribution < -0.4 is 10.2 Å². The molecule has 1 aromatic rings. The Labute approximate surface area is 123 Å². The molecule has 0 radical (unpaired) electrons. The van der Waals surface area contributed by atoms with Gasteiger partial charge in [0.05, 0.1) is 0 Å². The molecular formula is C18H28N2. The molecule has 0 amide bonds. The average Bonchev–Trinajstić information content (AvgIpc) is 2.41. The number of nitrogens with one attached hydrogen (secondary N) is 1. The van der Waals surface area contributed by atoms with E-state index < -0.39 is 0 Å². The maximum Gasteiger partial charge on any atom is 0.0399 e. The van der Waals surface area contributed by atoms with Crippen molar-refractivity contribution in [3.8, 4) is 0 Å². The molecule has 0 spiro atoms. The third-order valence-corrected chi connectivity index (χ3v) is 5.17. The van der Waals surface area contributed by atoms with E-state index in [-0.39, 0.29) is 0 Å². The highest BCUT2D eigenvalue weighted by Crippen LogP contribution is 2.34. The first kappa shape index (κ1) is 13.9. The predicted octanol–water partition coefficient (Wildman–Crippen LogP) is 3.46. The van der Waals surface area contributed by atoms with Crippen LogP contribution in [0, 0.1) is 11.3 Å². The van der Waals surface area contributed by atoms with Gasteiger partial charge in [-0.1, -0.05) is 39.0 Å². The van der Waals surface area contributed by atoms with Crippen LogP contribution in [0.5, 0.6) is 0 Å². The molecule has 1 saturated heterocycles. The maximum absolute atomic E-state index is 3.76. The molecule has 1 fully saturated rings. The van der Waals surface area contributed by atoms with Gasteiger partial charge in [0.15, 0.2) is 0 Å². The normalized spacial score (nSPS) is 29.1. The van der Waals surface area contributed by atoms with E-state index in [4.69, 9.17) is 0 Å². The van der Waals surface area contributed by atoms with Crippen molar-refractivity contribution in [1.29, 1.82) is 0 Å². The van der Waals surface area contributed by atoms with Gasteiger partial charge in [0.2, 0.25) is 0 Å². The molecule has 110 valence electrons. The maximum atomic E-state index is 3.76. The summed E-state index contributed by atoms with van der Waals surface area (Å²) in [5, 5.41) is 3.76. The average molecular weight is 272 g/mol. The molecule has 1 aromatic carbocycles. The van der Waals surface area contributed by atoms with Crippen LogP contribution in [0.1, 0.15) is 39.2 Å². The molecule has 2 aliphatic heterocycles. The monoisotopic (exact) mass is 272 g/mol. The molecule has 2 nitrogen and oxygen atoms in total. The summed E-state index contributed by atoms with van der Waals surface area (Å²) < 4.78 is 0. The van der Waals surface area contributed by atoms with E-state index in [1.54, 1.807) is 0 Å². The first-order valence-electron chi connectivity index (χ1n) is 8.12. The van der Waals surface area contributed by atoms with Gasteiger partial charge in [-0.15, -0.1) is 0 Å². The fourth-order valence-electron chi connectivity index (χ4n) is 3.88. The molecule has 2 atom stereocenters. The first-order chi connectivity index (χ1) is 9.56. The molecule has 2 heteroatoms. The Morgan fingerprint density at radius 3 is 2.90 bits per heavy atom. The number of hydrogen-bond acceptors (Lipinski definition) is 2. The van der Waals surface area contributed by atoms with E-state index in [0.29, 0.717) is 11.5 Å². The van der Waals surface area contributed by atoms with Crippen molar-refractivity contribution in [2.24, 2.45) is 11.3 Å². The molecular weight excluding hydrogens is 244 g/mol. The molecule has 0 aromatic heterocycles. The molecule has 2 unspecified atom stereocenters. The fraction of sp³-hybridized carbons (Fsp3) is 0.667. The van der Waals surface area contributed by atoms with Gasteiger partial charge in [-0.05, 0) is 48.8 Å². The number of nitrogens with zero attached hydrogens (tertiary/aromatic N) is 1. The third kappa shape index (κ3) is 2.71. The number of para-hydroxylation sites is 1.